The summed E-state index contributed by atoms with van der Waals surface area (Å²) in [6, 6.07) is 22.2. The standard InChI is InChI=1S/C31H23NO8/c1-32(30(36)38-17-18-7-8-19(16-33)26(34)13-18)20-9-11-24-27(14-20)39-28-15-21(37-2)10-12-25(28)31(24)23-6-4-3-5-22(23)29(35)40-31/h3-16,34H,17H2,1-2H3. The molecule has 4 aromatic carbocycles. The maximum absolute atomic E-state index is 13.0. The topological polar surface area (TPSA) is 112 Å². The molecule has 6 rings (SSSR count). The average Bonchev–Trinajstić information content (AvgIpc) is 3.27. The van der Waals surface area contributed by atoms with Gasteiger partial charge in [0.15, 0.2) is 11.9 Å². The largest absolute Gasteiger partial charge is 0.507 e. The predicted molar refractivity (Wildman–Crippen MR) is 143 cm³/mol. The number of phenolic OH excluding ortho intramolecular Hbond substituents is 1. The summed E-state index contributed by atoms with van der Waals surface area (Å²) in [6.07, 6.45) is -0.107. The molecule has 9 heteroatoms. The van der Waals surface area contributed by atoms with Gasteiger partial charge in [-0.3, -0.25) is 9.69 Å². The monoisotopic (exact) mass is 537 g/mol. The number of aldehydes is 1. The predicted octanol–water partition coefficient (Wildman–Crippen LogP) is 5.55. The van der Waals surface area contributed by atoms with Crippen molar-refractivity contribution >= 4 is 24.0 Å². The summed E-state index contributed by atoms with van der Waals surface area (Å²) in [5, 5.41) is 9.89. The number of hydrogen-bond donors (Lipinski definition) is 1. The third-order valence-electron chi connectivity index (χ3n) is 7.15. The van der Waals surface area contributed by atoms with Gasteiger partial charge in [-0.25, -0.2) is 9.59 Å². The Hall–Kier alpha value is -5.31. The smallest absolute Gasteiger partial charge is 0.414 e. The molecular formula is C31H23NO8. The molecule has 200 valence electrons. The van der Waals surface area contributed by atoms with Crippen LogP contribution in [-0.2, 0) is 21.7 Å². The van der Waals surface area contributed by atoms with Crippen LogP contribution in [0.25, 0.3) is 0 Å². The van der Waals surface area contributed by atoms with Gasteiger partial charge in [-0.15, -0.1) is 0 Å². The fourth-order valence-corrected chi connectivity index (χ4v) is 5.11. The number of amides is 1. The van der Waals surface area contributed by atoms with E-state index in [0.717, 1.165) is 0 Å². The first-order valence-electron chi connectivity index (χ1n) is 12.4. The first kappa shape index (κ1) is 25.0. The number of phenols is 1. The number of carbonyl (C=O) groups is 3. The van der Waals surface area contributed by atoms with Crippen LogP contribution in [0.4, 0.5) is 10.5 Å². The van der Waals surface area contributed by atoms with Gasteiger partial charge in [0.2, 0.25) is 0 Å². The van der Waals surface area contributed by atoms with Crippen molar-refractivity contribution in [1.29, 1.82) is 0 Å². The van der Waals surface area contributed by atoms with E-state index in [-0.39, 0.29) is 17.9 Å². The van der Waals surface area contributed by atoms with E-state index in [0.29, 0.717) is 57.0 Å². The fourth-order valence-electron chi connectivity index (χ4n) is 5.11. The molecule has 2 aliphatic heterocycles. The number of esters is 1. The van der Waals surface area contributed by atoms with E-state index in [1.54, 1.807) is 62.7 Å². The Labute approximate surface area is 229 Å². The zero-order valence-electron chi connectivity index (χ0n) is 21.5. The molecule has 1 unspecified atom stereocenters. The number of methoxy groups -OCH3 is 1. The SMILES string of the molecule is COc1ccc2c(c1)Oc1cc(N(C)C(=O)OCc3ccc(C=O)c(O)c3)ccc1C21OC(=O)c2ccccc21. The number of carbonyl (C=O) groups excluding carboxylic acids is 3. The highest BCUT2D eigenvalue weighted by molar-refractivity contribution is 5.97. The van der Waals surface area contributed by atoms with Crippen LogP contribution in [-0.4, -0.2) is 37.6 Å². The van der Waals surface area contributed by atoms with Gasteiger partial charge in [0.25, 0.3) is 0 Å². The molecule has 9 nitrogen and oxygen atoms in total. The zero-order valence-corrected chi connectivity index (χ0v) is 21.5. The lowest BCUT2D eigenvalue weighted by molar-refractivity contribution is 0.0224. The second-order valence-electron chi connectivity index (χ2n) is 9.39. The quantitative estimate of drug-likeness (QED) is 0.260. The Morgan fingerprint density at radius 3 is 2.48 bits per heavy atom. The van der Waals surface area contributed by atoms with Crippen molar-refractivity contribution in [2.75, 3.05) is 19.1 Å². The molecule has 1 N–H and O–H groups in total. The van der Waals surface area contributed by atoms with E-state index in [2.05, 4.69) is 0 Å². The highest BCUT2D eigenvalue weighted by Crippen LogP contribution is 2.57. The molecule has 0 saturated carbocycles. The molecule has 40 heavy (non-hydrogen) atoms. The summed E-state index contributed by atoms with van der Waals surface area (Å²) < 4.78 is 23.2. The lowest BCUT2D eigenvalue weighted by Crippen LogP contribution is -2.33. The van der Waals surface area contributed by atoms with Crippen molar-refractivity contribution in [2.45, 2.75) is 12.2 Å². The molecule has 0 radical (unpaired) electrons. The Bertz CT molecular complexity index is 1700. The van der Waals surface area contributed by atoms with E-state index < -0.39 is 17.7 Å². The summed E-state index contributed by atoms with van der Waals surface area (Å²) in [5.74, 6) is 0.791. The second-order valence-corrected chi connectivity index (χ2v) is 9.39. The van der Waals surface area contributed by atoms with E-state index >= 15 is 0 Å². The van der Waals surface area contributed by atoms with Crippen LogP contribution in [0.5, 0.6) is 23.0 Å². The number of ether oxygens (including phenoxy) is 4. The molecule has 0 aliphatic carbocycles. The van der Waals surface area contributed by atoms with Gasteiger partial charge in [-0.2, -0.15) is 0 Å². The van der Waals surface area contributed by atoms with Gasteiger partial charge >= 0.3 is 12.1 Å². The van der Waals surface area contributed by atoms with Crippen LogP contribution < -0.4 is 14.4 Å². The van der Waals surface area contributed by atoms with Crippen LogP contribution in [0, 0.1) is 0 Å². The molecule has 0 saturated heterocycles. The molecule has 4 aromatic rings. The van der Waals surface area contributed by atoms with Gasteiger partial charge in [-0.1, -0.05) is 24.3 Å². The Morgan fingerprint density at radius 1 is 0.975 bits per heavy atom. The van der Waals surface area contributed by atoms with Crippen molar-refractivity contribution in [3.8, 4) is 23.0 Å². The van der Waals surface area contributed by atoms with Crippen LogP contribution >= 0.6 is 0 Å². The molecule has 2 heterocycles. The zero-order chi connectivity index (χ0) is 28.0. The van der Waals surface area contributed by atoms with Crippen LogP contribution in [0.1, 0.15) is 43.0 Å². The molecule has 0 fully saturated rings. The lowest BCUT2D eigenvalue weighted by Gasteiger charge is -2.37. The Kier molecular flexibility index (Phi) is 5.91. The molecule has 0 bridgehead atoms. The first-order chi connectivity index (χ1) is 19.3. The molecule has 1 amide bonds. The van der Waals surface area contributed by atoms with Crippen LogP contribution in [0.2, 0.25) is 0 Å². The fraction of sp³-hybridized carbons (Fsp3) is 0.129. The number of rotatable bonds is 5. The Morgan fingerprint density at radius 2 is 1.73 bits per heavy atom. The van der Waals surface area contributed by atoms with Gasteiger partial charge in [0, 0.05) is 35.9 Å². The van der Waals surface area contributed by atoms with Gasteiger partial charge in [-0.05, 0) is 48.0 Å². The van der Waals surface area contributed by atoms with E-state index in [1.165, 1.54) is 17.0 Å². The van der Waals surface area contributed by atoms with Crippen LogP contribution in [0.3, 0.4) is 0 Å². The van der Waals surface area contributed by atoms with E-state index in [9.17, 15) is 19.5 Å². The summed E-state index contributed by atoms with van der Waals surface area (Å²) in [4.78, 5) is 38.1. The molecule has 2 aliphatic rings. The minimum atomic E-state index is -1.24. The van der Waals surface area contributed by atoms with Crippen molar-refractivity contribution in [3.63, 3.8) is 0 Å². The third kappa shape index (κ3) is 3.82. The number of benzene rings is 4. The van der Waals surface area contributed by atoms with Crippen molar-refractivity contribution in [3.05, 3.63) is 112 Å². The summed E-state index contributed by atoms with van der Waals surface area (Å²) in [6.45, 7) is -0.111. The molecular weight excluding hydrogens is 514 g/mol. The number of anilines is 1. The summed E-state index contributed by atoms with van der Waals surface area (Å²) in [5.41, 5.74) is 2.33. The lowest BCUT2D eigenvalue weighted by atomic mass is 9.77. The summed E-state index contributed by atoms with van der Waals surface area (Å²) >= 11 is 0. The van der Waals surface area contributed by atoms with Crippen molar-refractivity contribution in [1.82, 2.24) is 0 Å². The first-order valence-corrected chi connectivity index (χ1v) is 12.4. The normalized spacial score (nSPS) is 16.2. The number of aromatic hydroxyl groups is 1. The van der Waals surface area contributed by atoms with Crippen molar-refractivity contribution in [2.24, 2.45) is 0 Å². The Balaban J connectivity index is 1.35. The minimum absolute atomic E-state index is 0.111. The van der Waals surface area contributed by atoms with E-state index in [1.807, 2.05) is 18.2 Å². The second kappa shape index (κ2) is 9.46. The van der Waals surface area contributed by atoms with Crippen LogP contribution in [0.15, 0.2) is 78.9 Å². The highest BCUT2D eigenvalue weighted by atomic mass is 16.6. The van der Waals surface area contributed by atoms with Gasteiger partial charge < -0.3 is 24.1 Å². The number of fused-ring (bicyclic) bond motifs is 6. The summed E-state index contributed by atoms with van der Waals surface area (Å²) in [7, 11) is 3.10. The maximum Gasteiger partial charge on any atom is 0.414 e. The van der Waals surface area contributed by atoms with Gasteiger partial charge in [0.1, 0.15) is 29.6 Å². The van der Waals surface area contributed by atoms with E-state index in [4.69, 9.17) is 18.9 Å². The third-order valence-corrected chi connectivity index (χ3v) is 7.15. The number of hydrogen-bond acceptors (Lipinski definition) is 8. The van der Waals surface area contributed by atoms with Gasteiger partial charge in [0.05, 0.1) is 23.9 Å². The highest BCUT2D eigenvalue weighted by Gasteiger charge is 2.53. The molecule has 1 spiro atoms. The maximum atomic E-state index is 13.0. The minimum Gasteiger partial charge on any atom is -0.507 e. The molecule has 1 atom stereocenters. The average molecular weight is 538 g/mol. The number of nitrogens with zero attached hydrogens (tertiary/aromatic N) is 1. The van der Waals surface area contributed by atoms with Crippen molar-refractivity contribution < 1.29 is 38.4 Å². The molecule has 0 aromatic heterocycles.